The number of hydrogen-bond acceptors (Lipinski definition) is 3. The molecule has 0 amide bonds. The summed E-state index contributed by atoms with van der Waals surface area (Å²) in [6.07, 6.45) is 10.2. The zero-order chi connectivity index (χ0) is 12.4. The summed E-state index contributed by atoms with van der Waals surface area (Å²) in [5.41, 5.74) is 1.28. The molecule has 3 rings (SSSR count). The third-order valence-corrected chi connectivity index (χ3v) is 3.77. The molecule has 1 fully saturated rings. The van der Waals surface area contributed by atoms with Crippen molar-refractivity contribution in [1.29, 1.82) is 0 Å². The predicted octanol–water partition coefficient (Wildman–Crippen LogP) is 1.28. The number of nitrogens with zero attached hydrogens (tertiary/aromatic N) is 5. The normalized spacial score (nSPS) is 20.6. The van der Waals surface area contributed by atoms with Gasteiger partial charge in [-0.25, -0.2) is 4.98 Å². The topological polar surface area (TPSA) is 38.9 Å². The van der Waals surface area contributed by atoms with Crippen molar-refractivity contribution < 1.29 is 0 Å². The Labute approximate surface area is 107 Å². The van der Waals surface area contributed by atoms with Gasteiger partial charge in [-0.2, -0.15) is 5.10 Å². The van der Waals surface area contributed by atoms with E-state index in [0.29, 0.717) is 6.04 Å². The summed E-state index contributed by atoms with van der Waals surface area (Å²) in [5.74, 6) is 0. The van der Waals surface area contributed by atoms with Gasteiger partial charge in [-0.15, -0.1) is 0 Å². The first-order valence-electron chi connectivity index (χ1n) is 6.49. The molecule has 2 aromatic heterocycles. The largest absolute Gasteiger partial charge is 0.336 e. The lowest BCUT2D eigenvalue weighted by Crippen LogP contribution is -2.32. The van der Waals surface area contributed by atoms with Crippen molar-refractivity contribution in [3.63, 3.8) is 0 Å². The quantitative estimate of drug-likeness (QED) is 0.814. The highest BCUT2D eigenvalue weighted by atomic mass is 15.3. The highest BCUT2D eigenvalue weighted by Crippen LogP contribution is 2.21. The zero-order valence-electron chi connectivity index (χ0n) is 10.7. The maximum atomic E-state index is 4.23. The SMILES string of the molecule is Cn1nccc1CN1CCC[C@@H]1Cn1ccnc1. The van der Waals surface area contributed by atoms with Crippen molar-refractivity contribution in [1.82, 2.24) is 24.2 Å². The number of imidazole rings is 1. The van der Waals surface area contributed by atoms with E-state index < -0.39 is 0 Å². The van der Waals surface area contributed by atoms with Crippen LogP contribution < -0.4 is 0 Å². The fraction of sp³-hybridized carbons (Fsp3) is 0.538. The molecule has 0 N–H and O–H groups in total. The molecule has 0 saturated carbocycles. The lowest BCUT2D eigenvalue weighted by Gasteiger charge is -2.24. The average Bonchev–Trinajstić information content (AvgIpc) is 3.06. The molecule has 1 aliphatic heterocycles. The summed E-state index contributed by atoms with van der Waals surface area (Å²) in [5, 5.41) is 4.23. The molecule has 0 aromatic carbocycles. The highest BCUT2D eigenvalue weighted by Gasteiger charge is 2.25. The highest BCUT2D eigenvalue weighted by molar-refractivity contribution is 5.01. The van der Waals surface area contributed by atoms with E-state index in [4.69, 9.17) is 0 Å². The Balaban J connectivity index is 1.66. The first-order chi connectivity index (χ1) is 8.83. The lowest BCUT2D eigenvalue weighted by molar-refractivity contribution is 0.219. The van der Waals surface area contributed by atoms with Crippen molar-refractivity contribution in [3.8, 4) is 0 Å². The van der Waals surface area contributed by atoms with E-state index in [1.54, 1.807) is 0 Å². The summed E-state index contributed by atoms with van der Waals surface area (Å²) in [7, 11) is 2.01. The first kappa shape index (κ1) is 11.5. The molecule has 5 nitrogen and oxygen atoms in total. The second-order valence-corrected chi connectivity index (χ2v) is 4.97. The number of likely N-dealkylation sites (tertiary alicyclic amines) is 1. The van der Waals surface area contributed by atoms with Crippen LogP contribution in [0.4, 0.5) is 0 Å². The molecule has 0 aliphatic carbocycles. The van der Waals surface area contributed by atoms with E-state index in [1.165, 1.54) is 25.1 Å². The van der Waals surface area contributed by atoms with Crippen LogP contribution in [-0.4, -0.2) is 36.8 Å². The van der Waals surface area contributed by atoms with Crippen LogP contribution >= 0.6 is 0 Å². The molecule has 0 unspecified atom stereocenters. The summed E-state index contributed by atoms with van der Waals surface area (Å²) in [6, 6.07) is 2.72. The number of aryl methyl sites for hydroxylation is 1. The molecular weight excluding hydrogens is 226 g/mol. The Morgan fingerprint density at radius 1 is 1.39 bits per heavy atom. The third-order valence-electron chi connectivity index (χ3n) is 3.77. The van der Waals surface area contributed by atoms with Crippen LogP contribution in [0, 0.1) is 0 Å². The predicted molar refractivity (Wildman–Crippen MR) is 68.9 cm³/mol. The van der Waals surface area contributed by atoms with Crippen molar-refractivity contribution in [2.45, 2.75) is 32.0 Å². The molecule has 1 atom stereocenters. The van der Waals surface area contributed by atoms with E-state index in [1.807, 2.05) is 36.6 Å². The van der Waals surface area contributed by atoms with Crippen LogP contribution in [0.1, 0.15) is 18.5 Å². The molecule has 18 heavy (non-hydrogen) atoms. The van der Waals surface area contributed by atoms with Gasteiger partial charge in [0.2, 0.25) is 0 Å². The molecule has 0 bridgehead atoms. The Bertz CT molecular complexity index is 487. The van der Waals surface area contributed by atoms with Crippen molar-refractivity contribution in [2.24, 2.45) is 7.05 Å². The van der Waals surface area contributed by atoms with Crippen LogP contribution in [0.25, 0.3) is 0 Å². The van der Waals surface area contributed by atoms with E-state index in [0.717, 1.165) is 13.1 Å². The van der Waals surface area contributed by atoms with E-state index in [2.05, 4.69) is 25.6 Å². The van der Waals surface area contributed by atoms with Gasteiger partial charge in [0.05, 0.1) is 12.0 Å². The van der Waals surface area contributed by atoms with E-state index in [9.17, 15) is 0 Å². The lowest BCUT2D eigenvalue weighted by atomic mass is 10.2. The molecule has 96 valence electrons. The number of rotatable bonds is 4. The minimum atomic E-state index is 0.620. The molecule has 1 saturated heterocycles. The second kappa shape index (κ2) is 4.94. The molecule has 5 heteroatoms. The Morgan fingerprint density at radius 3 is 3.06 bits per heavy atom. The summed E-state index contributed by atoms with van der Waals surface area (Å²) in [6.45, 7) is 3.22. The monoisotopic (exact) mass is 245 g/mol. The molecule has 0 spiro atoms. The van der Waals surface area contributed by atoms with Crippen LogP contribution in [0.3, 0.4) is 0 Å². The van der Waals surface area contributed by atoms with Crippen molar-refractivity contribution in [2.75, 3.05) is 6.54 Å². The summed E-state index contributed by atoms with van der Waals surface area (Å²) in [4.78, 5) is 6.66. The van der Waals surface area contributed by atoms with Gasteiger partial charge < -0.3 is 4.57 Å². The van der Waals surface area contributed by atoms with Gasteiger partial charge in [-0.05, 0) is 25.5 Å². The maximum Gasteiger partial charge on any atom is 0.0946 e. The fourth-order valence-corrected chi connectivity index (χ4v) is 2.71. The standard InChI is InChI=1S/C13H19N5/c1-16-12(4-5-15-16)10-18-7-2-3-13(18)9-17-8-6-14-11-17/h4-6,8,11,13H,2-3,7,9-10H2,1H3/t13-/m1/s1. The Hall–Kier alpha value is -1.62. The van der Waals surface area contributed by atoms with E-state index in [-0.39, 0.29) is 0 Å². The Kier molecular flexibility index (Phi) is 3.15. The van der Waals surface area contributed by atoms with Crippen molar-refractivity contribution >= 4 is 0 Å². The van der Waals surface area contributed by atoms with Gasteiger partial charge in [0.25, 0.3) is 0 Å². The maximum absolute atomic E-state index is 4.23. The minimum Gasteiger partial charge on any atom is -0.336 e. The molecule has 3 heterocycles. The van der Waals surface area contributed by atoms with Gasteiger partial charge in [0.1, 0.15) is 0 Å². The van der Waals surface area contributed by atoms with Crippen molar-refractivity contribution in [3.05, 3.63) is 36.7 Å². The van der Waals surface area contributed by atoms with Gasteiger partial charge in [0, 0.05) is 44.8 Å². The zero-order valence-corrected chi connectivity index (χ0v) is 10.7. The summed E-state index contributed by atoms with van der Waals surface area (Å²) < 4.78 is 4.14. The molecule has 1 aliphatic rings. The summed E-state index contributed by atoms with van der Waals surface area (Å²) >= 11 is 0. The molecule has 0 radical (unpaired) electrons. The minimum absolute atomic E-state index is 0.620. The molecular formula is C13H19N5. The first-order valence-corrected chi connectivity index (χ1v) is 6.49. The number of aromatic nitrogens is 4. The van der Waals surface area contributed by atoms with Crippen LogP contribution in [0.2, 0.25) is 0 Å². The third kappa shape index (κ3) is 2.31. The molecule has 2 aromatic rings. The number of hydrogen-bond donors (Lipinski definition) is 0. The van der Waals surface area contributed by atoms with E-state index >= 15 is 0 Å². The second-order valence-electron chi connectivity index (χ2n) is 4.97. The Morgan fingerprint density at radius 2 is 2.33 bits per heavy atom. The average molecular weight is 245 g/mol. The van der Waals surface area contributed by atoms with Gasteiger partial charge in [0.15, 0.2) is 0 Å². The smallest absolute Gasteiger partial charge is 0.0946 e. The van der Waals surface area contributed by atoms with Crippen LogP contribution in [0.15, 0.2) is 31.0 Å². The fourth-order valence-electron chi connectivity index (χ4n) is 2.71. The van der Waals surface area contributed by atoms with Gasteiger partial charge in [-0.1, -0.05) is 0 Å². The van der Waals surface area contributed by atoms with Crippen LogP contribution in [-0.2, 0) is 20.1 Å². The van der Waals surface area contributed by atoms with Crippen LogP contribution in [0.5, 0.6) is 0 Å². The van der Waals surface area contributed by atoms with Gasteiger partial charge in [-0.3, -0.25) is 9.58 Å². The van der Waals surface area contributed by atoms with Gasteiger partial charge >= 0.3 is 0 Å².